The minimum absolute atomic E-state index is 0.258. The summed E-state index contributed by atoms with van der Waals surface area (Å²) in [6, 6.07) is 10.5. The van der Waals surface area contributed by atoms with Gasteiger partial charge in [0.1, 0.15) is 11.6 Å². The summed E-state index contributed by atoms with van der Waals surface area (Å²) >= 11 is 0. The lowest BCUT2D eigenvalue weighted by Crippen LogP contribution is -2.15. The third kappa shape index (κ3) is 2.88. The second-order valence-corrected chi connectivity index (χ2v) is 5.43. The van der Waals surface area contributed by atoms with Crippen LogP contribution in [0.2, 0.25) is 0 Å². The van der Waals surface area contributed by atoms with Gasteiger partial charge in [-0.1, -0.05) is 18.2 Å². The number of rotatable bonds is 4. The summed E-state index contributed by atoms with van der Waals surface area (Å²) in [4.78, 5) is 0. The molecule has 0 atom stereocenters. The van der Waals surface area contributed by atoms with Gasteiger partial charge in [-0.05, 0) is 54.7 Å². The summed E-state index contributed by atoms with van der Waals surface area (Å²) in [7, 11) is 0. The Morgan fingerprint density at radius 2 is 1.85 bits per heavy atom. The van der Waals surface area contributed by atoms with Crippen molar-refractivity contribution in [2.45, 2.75) is 32.4 Å². The van der Waals surface area contributed by atoms with Crippen molar-refractivity contribution in [3.8, 4) is 11.1 Å². The van der Waals surface area contributed by atoms with Crippen LogP contribution in [0.4, 0.5) is 8.78 Å². The fourth-order valence-electron chi connectivity index (χ4n) is 2.26. The summed E-state index contributed by atoms with van der Waals surface area (Å²) in [5.41, 5.74) is 2.70. The van der Waals surface area contributed by atoms with Crippen molar-refractivity contribution in [1.29, 1.82) is 0 Å². The summed E-state index contributed by atoms with van der Waals surface area (Å²) in [6.45, 7) is 2.38. The number of halogens is 2. The highest BCUT2D eigenvalue weighted by molar-refractivity contribution is 5.65. The van der Waals surface area contributed by atoms with Gasteiger partial charge in [0.05, 0.1) is 0 Å². The van der Waals surface area contributed by atoms with E-state index in [0.717, 1.165) is 5.56 Å². The zero-order valence-electron chi connectivity index (χ0n) is 11.4. The van der Waals surface area contributed by atoms with Gasteiger partial charge in [-0.2, -0.15) is 0 Å². The summed E-state index contributed by atoms with van der Waals surface area (Å²) in [5.74, 6) is -0.523. The average Bonchev–Trinajstić information content (AvgIpc) is 3.24. The molecule has 2 aromatic carbocycles. The third-order valence-electron chi connectivity index (χ3n) is 3.67. The Morgan fingerprint density at radius 3 is 2.50 bits per heavy atom. The molecule has 3 rings (SSSR count). The molecule has 0 bridgehead atoms. The quantitative estimate of drug-likeness (QED) is 0.880. The second kappa shape index (κ2) is 5.33. The van der Waals surface area contributed by atoms with Gasteiger partial charge in [0.15, 0.2) is 0 Å². The van der Waals surface area contributed by atoms with Crippen molar-refractivity contribution < 1.29 is 8.78 Å². The third-order valence-corrected chi connectivity index (χ3v) is 3.67. The molecular weight excluding hydrogens is 256 g/mol. The standard InChI is InChI=1S/C17H17F2N/c1-11-8-13(3-7-16(11)18)15-6-2-12(9-17(15)19)10-20-14-4-5-14/h2-3,6-9,14,20H,4-5,10H2,1H3. The van der Waals surface area contributed by atoms with Crippen molar-refractivity contribution in [3.05, 3.63) is 59.2 Å². The lowest BCUT2D eigenvalue weighted by atomic mass is 10.0. The van der Waals surface area contributed by atoms with Crippen LogP contribution < -0.4 is 5.32 Å². The van der Waals surface area contributed by atoms with Crippen LogP contribution >= 0.6 is 0 Å². The predicted octanol–water partition coefficient (Wildman–Crippen LogP) is 4.19. The molecule has 1 nitrogen and oxygen atoms in total. The maximum atomic E-state index is 14.2. The first-order valence-electron chi connectivity index (χ1n) is 6.92. The van der Waals surface area contributed by atoms with Crippen molar-refractivity contribution in [1.82, 2.24) is 5.32 Å². The van der Waals surface area contributed by atoms with E-state index in [0.29, 0.717) is 29.3 Å². The molecule has 3 heteroatoms. The van der Waals surface area contributed by atoms with Crippen LogP contribution in [0.3, 0.4) is 0 Å². The Morgan fingerprint density at radius 1 is 1.05 bits per heavy atom. The van der Waals surface area contributed by atoms with E-state index >= 15 is 0 Å². The maximum absolute atomic E-state index is 14.2. The Balaban J connectivity index is 1.83. The number of benzene rings is 2. The molecule has 2 aromatic rings. The Hall–Kier alpha value is -1.74. The molecule has 0 saturated heterocycles. The van der Waals surface area contributed by atoms with Gasteiger partial charge in [0, 0.05) is 18.2 Å². The molecule has 0 spiro atoms. The smallest absolute Gasteiger partial charge is 0.131 e. The van der Waals surface area contributed by atoms with Crippen molar-refractivity contribution in [2.75, 3.05) is 0 Å². The van der Waals surface area contributed by atoms with E-state index in [1.807, 2.05) is 6.07 Å². The molecular formula is C17H17F2N. The van der Waals surface area contributed by atoms with E-state index in [1.165, 1.54) is 18.9 Å². The van der Waals surface area contributed by atoms with Crippen molar-refractivity contribution in [3.63, 3.8) is 0 Å². The molecule has 20 heavy (non-hydrogen) atoms. The van der Waals surface area contributed by atoms with Gasteiger partial charge in [-0.3, -0.25) is 0 Å². The number of hydrogen-bond acceptors (Lipinski definition) is 1. The van der Waals surface area contributed by atoms with E-state index < -0.39 is 0 Å². The fourth-order valence-corrected chi connectivity index (χ4v) is 2.26. The van der Waals surface area contributed by atoms with Gasteiger partial charge in [0.2, 0.25) is 0 Å². The van der Waals surface area contributed by atoms with E-state index in [1.54, 1.807) is 31.2 Å². The van der Waals surface area contributed by atoms with Crippen LogP contribution in [0.15, 0.2) is 36.4 Å². The Bertz CT molecular complexity index is 633. The molecule has 0 radical (unpaired) electrons. The Kier molecular flexibility index (Phi) is 3.53. The summed E-state index contributed by atoms with van der Waals surface area (Å²) in [6.07, 6.45) is 2.44. The average molecular weight is 273 g/mol. The Labute approximate surface area is 117 Å². The highest BCUT2D eigenvalue weighted by Crippen LogP contribution is 2.26. The van der Waals surface area contributed by atoms with Crippen LogP contribution in [0.5, 0.6) is 0 Å². The minimum Gasteiger partial charge on any atom is -0.310 e. The molecule has 0 aliphatic heterocycles. The molecule has 1 aliphatic rings. The highest BCUT2D eigenvalue weighted by Gasteiger charge is 2.20. The first-order chi connectivity index (χ1) is 9.63. The van der Waals surface area contributed by atoms with Gasteiger partial charge in [0.25, 0.3) is 0 Å². The van der Waals surface area contributed by atoms with Crippen LogP contribution in [0.1, 0.15) is 24.0 Å². The summed E-state index contributed by atoms with van der Waals surface area (Å²) in [5, 5.41) is 3.36. The van der Waals surface area contributed by atoms with E-state index in [-0.39, 0.29) is 11.6 Å². The normalized spacial score (nSPS) is 14.6. The monoisotopic (exact) mass is 273 g/mol. The van der Waals surface area contributed by atoms with Crippen LogP contribution in [-0.2, 0) is 6.54 Å². The molecule has 0 unspecified atom stereocenters. The van der Waals surface area contributed by atoms with Gasteiger partial charge in [-0.25, -0.2) is 8.78 Å². The topological polar surface area (TPSA) is 12.0 Å². The zero-order valence-corrected chi connectivity index (χ0v) is 11.4. The van der Waals surface area contributed by atoms with Gasteiger partial charge >= 0.3 is 0 Å². The molecule has 1 saturated carbocycles. The lowest BCUT2D eigenvalue weighted by molar-refractivity contribution is 0.616. The highest BCUT2D eigenvalue weighted by atomic mass is 19.1. The van der Waals surface area contributed by atoms with Crippen molar-refractivity contribution >= 4 is 0 Å². The predicted molar refractivity (Wildman–Crippen MR) is 76.4 cm³/mol. The van der Waals surface area contributed by atoms with E-state index in [9.17, 15) is 8.78 Å². The largest absolute Gasteiger partial charge is 0.310 e. The first-order valence-corrected chi connectivity index (χ1v) is 6.92. The molecule has 1 N–H and O–H groups in total. The zero-order chi connectivity index (χ0) is 14.1. The second-order valence-electron chi connectivity index (χ2n) is 5.43. The van der Waals surface area contributed by atoms with E-state index in [2.05, 4.69) is 5.32 Å². The minimum atomic E-state index is -0.264. The summed E-state index contributed by atoms with van der Waals surface area (Å²) < 4.78 is 27.4. The van der Waals surface area contributed by atoms with Crippen LogP contribution in [-0.4, -0.2) is 6.04 Å². The number of aryl methyl sites for hydroxylation is 1. The van der Waals surface area contributed by atoms with E-state index in [4.69, 9.17) is 0 Å². The number of hydrogen-bond donors (Lipinski definition) is 1. The molecule has 1 fully saturated rings. The van der Waals surface area contributed by atoms with Gasteiger partial charge in [-0.15, -0.1) is 0 Å². The lowest BCUT2D eigenvalue weighted by Gasteiger charge is -2.08. The molecule has 0 heterocycles. The SMILES string of the molecule is Cc1cc(-c2ccc(CNC3CC3)cc2F)ccc1F. The molecule has 1 aliphatic carbocycles. The maximum Gasteiger partial charge on any atom is 0.131 e. The van der Waals surface area contributed by atoms with Crippen molar-refractivity contribution in [2.24, 2.45) is 0 Å². The number of nitrogens with one attached hydrogen (secondary N) is 1. The molecule has 104 valence electrons. The van der Waals surface area contributed by atoms with Gasteiger partial charge < -0.3 is 5.32 Å². The molecule has 0 amide bonds. The van der Waals surface area contributed by atoms with Crippen LogP contribution in [0.25, 0.3) is 11.1 Å². The molecule has 0 aromatic heterocycles. The van der Waals surface area contributed by atoms with Crippen LogP contribution in [0, 0.1) is 18.6 Å². The fraction of sp³-hybridized carbons (Fsp3) is 0.294. The first kappa shape index (κ1) is 13.3.